The second kappa shape index (κ2) is 14.7. The van der Waals surface area contributed by atoms with E-state index in [1.54, 1.807) is 36.4 Å². The number of halogens is 4. The molecule has 44 heavy (non-hydrogen) atoms. The summed E-state index contributed by atoms with van der Waals surface area (Å²) in [6.07, 6.45) is -5.55. The van der Waals surface area contributed by atoms with Crippen molar-refractivity contribution in [1.29, 1.82) is 0 Å². The minimum atomic E-state index is -4.48. The molecule has 3 atom stereocenters. The van der Waals surface area contributed by atoms with E-state index in [1.807, 2.05) is 11.9 Å². The highest BCUT2D eigenvalue weighted by molar-refractivity contribution is 5.95. The van der Waals surface area contributed by atoms with E-state index in [1.165, 1.54) is 20.3 Å². The number of anilines is 2. The monoisotopic (exact) mass is 619 g/mol. The molecule has 9 nitrogen and oxygen atoms in total. The molecule has 2 heterocycles. The molecule has 1 fully saturated rings. The standard InChI is InChI=1S/C31H37F4N5O4/c1-39-13-11-26(24(32)17-39)38-25-7-4-8-28-23(25)15-21(40(28)19-31(33,34)35)6-5-12-36-27-10-9-20(14-29(27)44-3)30(42)37-16-22(18-41)43-2/h4,7-10,14-15,22,24,26,36,38,41H,11-13,16-19H2,1-3H3,(H,37,42)/t22?,24-,26+/m0/s1. The number of likely N-dealkylation sites (tertiary alicyclic amines) is 1. The van der Waals surface area contributed by atoms with Crippen LogP contribution >= 0.6 is 0 Å². The van der Waals surface area contributed by atoms with Crippen LogP contribution in [0, 0.1) is 11.8 Å². The van der Waals surface area contributed by atoms with Crippen LogP contribution in [-0.2, 0) is 11.3 Å². The van der Waals surface area contributed by atoms with Crippen molar-refractivity contribution >= 4 is 28.2 Å². The second-order valence-electron chi connectivity index (χ2n) is 10.6. The van der Waals surface area contributed by atoms with Crippen molar-refractivity contribution in [3.8, 4) is 17.6 Å². The van der Waals surface area contributed by atoms with Gasteiger partial charge in [-0.1, -0.05) is 12.0 Å². The van der Waals surface area contributed by atoms with Crippen LogP contribution in [0.25, 0.3) is 10.9 Å². The van der Waals surface area contributed by atoms with Gasteiger partial charge in [0.1, 0.15) is 18.5 Å². The van der Waals surface area contributed by atoms with Crippen molar-refractivity contribution in [2.45, 2.75) is 37.5 Å². The predicted octanol–water partition coefficient (Wildman–Crippen LogP) is 3.87. The summed E-state index contributed by atoms with van der Waals surface area (Å²) in [7, 11) is 4.73. The van der Waals surface area contributed by atoms with Gasteiger partial charge < -0.3 is 40.0 Å². The first-order valence-electron chi connectivity index (χ1n) is 14.1. The highest BCUT2D eigenvalue weighted by Crippen LogP contribution is 2.32. The number of carbonyl (C=O) groups is 1. The summed E-state index contributed by atoms with van der Waals surface area (Å²) < 4.78 is 67.0. The molecule has 0 bridgehead atoms. The van der Waals surface area contributed by atoms with E-state index in [4.69, 9.17) is 9.47 Å². The van der Waals surface area contributed by atoms with Crippen LogP contribution in [0.1, 0.15) is 22.5 Å². The number of piperidine rings is 1. The third kappa shape index (κ3) is 8.34. The zero-order valence-electron chi connectivity index (χ0n) is 24.8. The van der Waals surface area contributed by atoms with E-state index in [2.05, 4.69) is 27.8 Å². The van der Waals surface area contributed by atoms with Gasteiger partial charge in [-0.05, 0) is 55.8 Å². The maximum absolute atomic E-state index is 14.7. The number of aromatic nitrogens is 1. The molecule has 0 radical (unpaired) electrons. The average Bonchev–Trinajstić information content (AvgIpc) is 3.33. The van der Waals surface area contributed by atoms with Gasteiger partial charge in [-0.15, -0.1) is 0 Å². The van der Waals surface area contributed by atoms with Gasteiger partial charge in [0.05, 0.1) is 49.3 Å². The predicted molar refractivity (Wildman–Crippen MR) is 161 cm³/mol. The van der Waals surface area contributed by atoms with Gasteiger partial charge in [0.25, 0.3) is 5.91 Å². The first kappa shape index (κ1) is 32.9. The zero-order valence-corrected chi connectivity index (χ0v) is 24.8. The molecule has 4 rings (SSSR count). The maximum Gasteiger partial charge on any atom is 0.406 e. The largest absolute Gasteiger partial charge is 0.495 e. The van der Waals surface area contributed by atoms with Crippen LogP contribution in [0.5, 0.6) is 5.75 Å². The third-order valence-corrected chi connectivity index (χ3v) is 7.44. The van der Waals surface area contributed by atoms with Crippen molar-refractivity contribution in [3.05, 3.63) is 53.7 Å². The van der Waals surface area contributed by atoms with Crippen LogP contribution < -0.4 is 20.7 Å². The van der Waals surface area contributed by atoms with Crippen molar-refractivity contribution in [1.82, 2.24) is 14.8 Å². The lowest BCUT2D eigenvalue weighted by Crippen LogP contribution is -2.46. The summed E-state index contributed by atoms with van der Waals surface area (Å²) in [5, 5.41) is 18.7. The fourth-order valence-electron chi connectivity index (χ4n) is 5.07. The highest BCUT2D eigenvalue weighted by Gasteiger charge is 2.31. The summed E-state index contributed by atoms with van der Waals surface area (Å²) >= 11 is 0. The number of methoxy groups -OCH3 is 2. The quantitative estimate of drug-likeness (QED) is 0.191. The zero-order chi connectivity index (χ0) is 31.9. The number of ether oxygens (including phenoxy) is 2. The minimum absolute atomic E-state index is 0.0751. The Labute approximate surface area is 253 Å². The number of amides is 1. The number of alkyl halides is 4. The van der Waals surface area contributed by atoms with Crippen molar-refractivity contribution in [2.75, 3.05) is 64.7 Å². The first-order chi connectivity index (χ1) is 21.0. The van der Waals surface area contributed by atoms with Gasteiger partial charge in [0.15, 0.2) is 0 Å². The van der Waals surface area contributed by atoms with Crippen LogP contribution in [-0.4, -0.2) is 99.0 Å². The average molecular weight is 620 g/mol. The highest BCUT2D eigenvalue weighted by atomic mass is 19.4. The Kier molecular flexibility index (Phi) is 11.0. The molecule has 238 valence electrons. The lowest BCUT2D eigenvalue weighted by Gasteiger charge is -2.33. The van der Waals surface area contributed by atoms with Crippen LogP contribution in [0.3, 0.4) is 0 Å². The summed E-state index contributed by atoms with van der Waals surface area (Å²) in [4.78, 5) is 14.4. The fourth-order valence-corrected chi connectivity index (χ4v) is 5.07. The van der Waals surface area contributed by atoms with Gasteiger partial charge >= 0.3 is 6.18 Å². The Balaban J connectivity index is 1.52. The van der Waals surface area contributed by atoms with Crippen LogP contribution in [0.15, 0.2) is 42.5 Å². The van der Waals surface area contributed by atoms with Gasteiger partial charge in [-0.25, -0.2) is 4.39 Å². The van der Waals surface area contributed by atoms with Gasteiger partial charge in [0, 0.05) is 43.4 Å². The van der Waals surface area contributed by atoms with E-state index >= 15 is 0 Å². The first-order valence-corrected chi connectivity index (χ1v) is 14.1. The molecule has 1 amide bonds. The lowest BCUT2D eigenvalue weighted by molar-refractivity contribution is -0.140. The number of hydrogen-bond acceptors (Lipinski definition) is 7. The Morgan fingerprint density at radius 2 is 1.98 bits per heavy atom. The summed E-state index contributed by atoms with van der Waals surface area (Å²) in [5.74, 6) is 5.72. The number of fused-ring (bicyclic) bond motifs is 1. The molecule has 2 aromatic carbocycles. The summed E-state index contributed by atoms with van der Waals surface area (Å²) in [6.45, 7) is -0.262. The Bertz CT molecular complexity index is 1500. The Morgan fingerprint density at radius 3 is 2.66 bits per heavy atom. The van der Waals surface area contributed by atoms with Gasteiger partial charge in [-0.3, -0.25) is 4.79 Å². The molecule has 1 saturated heterocycles. The molecule has 1 aliphatic heterocycles. The normalized spacial score (nSPS) is 17.9. The molecule has 0 saturated carbocycles. The maximum atomic E-state index is 14.7. The molecule has 3 aromatic rings. The van der Waals surface area contributed by atoms with Crippen molar-refractivity contribution in [3.63, 3.8) is 0 Å². The van der Waals surface area contributed by atoms with E-state index in [0.29, 0.717) is 46.6 Å². The fraction of sp³-hybridized carbons (Fsp3) is 0.452. The third-order valence-electron chi connectivity index (χ3n) is 7.44. The number of benzene rings is 2. The molecule has 4 N–H and O–H groups in total. The molecular formula is C31H37F4N5O4. The van der Waals surface area contributed by atoms with E-state index in [-0.39, 0.29) is 37.8 Å². The van der Waals surface area contributed by atoms with Crippen LogP contribution in [0.4, 0.5) is 28.9 Å². The number of rotatable bonds is 11. The van der Waals surface area contributed by atoms with Crippen molar-refractivity contribution in [2.24, 2.45) is 0 Å². The Morgan fingerprint density at radius 1 is 1.18 bits per heavy atom. The molecule has 13 heteroatoms. The van der Waals surface area contributed by atoms with Crippen LogP contribution in [0.2, 0.25) is 0 Å². The lowest BCUT2D eigenvalue weighted by atomic mass is 10.0. The number of nitrogens with one attached hydrogen (secondary N) is 3. The molecule has 0 spiro atoms. The van der Waals surface area contributed by atoms with E-state index in [0.717, 1.165) is 4.57 Å². The molecule has 0 aliphatic carbocycles. The number of aliphatic hydroxyl groups excluding tert-OH is 1. The minimum Gasteiger partial charge on any atom is -0.495 e. The molecule has 1 aliphatic rings. The summed E-state index contributed by atoms with van der Waals surface area (Å²) in [5.41, 5.74) is 1.94. The van der Waals surface area contributed by atoms with E-state index < -0.39 is 31.0 Å². The van der Waals surface area contributed by atoms with E-state index in [9.17, 15) is 27.5 Å². The van der Waals surface area contributed by atoms with Crippen molar-refractivity contribution < 1.29 is 36.9 Å². The number of hydrogen-bond donors (Lipinski definition) is 4. The second-order valence-corrected chi connectivity index (χ2v) is 10.6. The number of nitrogens with zero attached hydrogens (tertiary/aromatic N) is 2. The molecular weight excluding hydrogens is 582 g/mol. The smallest absolute Gasteiger partial charge is 0.406 e. The summed E-state index contributed by atoms with van der Waals surface area (Å²) in [6, 6.07) is 10.9. The Hall–Kier alpha value is -3.99. The SMILES string of the molecule is COc1cc(C(=O)NCC(CO)OC)ccc1NCC#Cc1cc2c(N[C@@H]3CCN(C)C[C@@H]3F)cccc2n1CC(F)(F)F. The number of carbonyl (C=O) groups excluding carboxylic acids is 1. The van der Waals surface area contributed by atoms with Gasteiger partial charge in [0.2, 0.25) is 0 Å². The molecule has 1 aromatic heterocycles. The number of aliphatic hydroxyl groups is 1. The van der Waals surface area contributed by atoms with Gasteiger partial charge in [-0.2, -0.15) is 13.2 Å². The topological polar surface area (TPSA) is 100 Å². The molecule has 1 unspecified atom stereocenters.